The van der Waals surface area contributed by atoms with Gasteiger partial charge in [0.15, 0.2) is 11.6 Å². The van der Waals surface area contributed by atoms with Gasteiger partial charge in [-0.25, -0.2) is 13.2 Å². The van der Waals surface area contributed by atoms with Crippen LogP contribution in [0.5, 0.6) is 0 Å². The van der Waals surface area contributed by atoms with Crippen LogP contribution in [0.3, 0.4) is 0 Å². The lowest BCUT2D eigenvalue weighted by molar-refractivity contribution is 0.0148. The zero-order valence-electron chi connectivity index (χ0n) is 13.9. The Morgan fingerprint density at radius 1 is 1.04 bits per heavy atom. The van der Waals surface area contributed by atoms with Gasteiger partial charge in [0, 0.05) is 11.5 Å². The van der Waals surface area contributed by atoms with Gasteiger partial charge in [0.2, 0.25) is 0 Å². The van der Waals surface area contributed by atoms with Crippen LogP contribution in [-0.2, 0) is 11.2 Å². The summed E-state index contributed by atoms with van der Waals surface area (Å²) in [7, 11) is 0. The molecule has 2 unspecified atom stereocenters. The van der Waals surface area contributed by atoms with E-state index >= 15 is 0 Å². The maximum atomic E-state index is 14.5. The van der Waals surface area contributed by atoms with Crippen molar-refractivity contribution in [3.8, 4) is 11.1 Å². The minimum atomic E-state index is -0.920. The first-order valence-corrected chi connectivity index (χ1v) is 8.39. The fourth-order valence-electron chi connectivity index (χ4n) is 3.24. The Bertz CT molecular complexity index is 734. The molecule has 0 amide bonds. The number of hydrogen-bond donors (Lipinski definition) is 0. The lowest BCUT2D eigenvalue weighted by Crippen LogP contribution is -2.22. The van der Waals surface area contributed by atoms with Crippen molar-refractivity contribution in [1.82, 2.24) is 0 Å². The predicted molar refractivity (Wildman–Crippen MR) is 88.5 cm³/mol. The van der Waals surface area contributed by atoms with E-state index in [1.807, 2.05) is 6.92 Å². The number of halogens is 3. The third kappa shape index (κ3) is 3.20. The van der Waals surface area contributed by atoms with Crippen LogP contribution in [0.25, 0.3) is 11.1 Å². The van der Waals surface area contributed by atoms with Gasteiger partial charge in [-0.2, -0.15) is 0 Å². The van der Waals surface area contributed by atoms with Crippen LogP contribution in [0.4, 0.5) is 13.2 Å². The van der Waals surface area contributed by atoms with Crippen LogP contribution >= 0.6 is 0 Å². The van der Waals surface area contributed by atoms with Crippen LogP contribution in [0, 0.1) is 17.5 Å². The van der Waals surface area contributed by atoms with E-state index in [9.17, 15) is 13.2 Å². The molecule has 3 rings (SSSR count). The Morgan fingerprint density at radius 3 is 2.46 bits per heavy atom. The second kappa shape index (κ2) is 6.98. The molecule has 1 saturated heterocycles. The normalized spacial score (nSPS) is 21.0. The summed E-state index contributed by atoms with van der Waals surface area (Å²) >= 11 is 0. The predicted octanol–water partition coefficient (Wildman–Crippen LogP) is 5.62. The summed E-state index contributed by atoms with van der Waals surface area (Å²) in [4.78, 5) is 0. The summed E-state index contributed by atoms with van der Waals surface area (Å²) in [6.07, 6.45) is 2.38. The van der Waals surface area contributed by atoms with Gasteiger partial charge >= 0.3 is 0 Å². The molecule has 1 nitrogen and oxygen atoms in total. The summed E-state index contributed by atoms with van der Waals surface area (Å²) < 4.78 is 48.3. The van der Waals surface area contributed by atoms with Crippen LogP contribution in [0.15, 0.2) is 30.3 Å². The Balaban J connectivity index is 1.91. The van der Waals surface area contributed by atoms with Gasteiger partial charge in [0.1, 0.15) is 5.82 Å². The van der Waals surface area contributed by atoms with Crippen LogP contribution < -0.4 is 0 Å². The summed E-state index contributed by atoms with van der Waals surface area (Å²) in [6, 6.07) is 7.67. The average Bonchev–Trinajstić information content (AvgIpc) is 2.58. The van der Waals surface area contributed by atoms with Crippen molar-refractivity contribution >= 4 is 0 Å². The molecular formula is C20H21F3O. The van der Waals surface area contributed by atoms with E-state index < -0.39 is 17.5 Å². The first-order chi connectivity index (χ1) is 11.5. The van der Waals surface area contributed by atoms with E-state index in [1.54, 1.807) is 25.1 Å². The first kappa shape index (κ1) is 17.0. The van der Waals surface area contributed by atoms with Crippen molar-refractivity contribution in [2.24, 2.45) is 0 Å². The third-order valence-corrected chi connectivity index (χ3v) is 4.80. The summed E-state index contributed by atoms with van der Waals surface area (Å²) in [5, 5.41) is 0. The van der Waals surface area contributed by atoms with Gasteiger partial charge in [-0.1, -0.05) is 31.2 Å². The van der Waals surface area contributed by atoms with Gasteiger partial charge in [0.05, 0.1) is 12.7 Å². The fourth-order valence-corrected chi connectivity index (χ4v) is 3.24. The van der Waals surface area contributed by atoms with Crippen LogP contribution in [-0.4, -0.2) is 12.7 Å². The largest absolute Gasteiger partial charge is 0.378 e. The molecular weight excluding hydrogens is 313 g/mol. The highest BCUT2D eigenvalue weighted by atomic mass is 19.2. The molecule has 24 heavy (non-hydrogen) atoms. The topological polar surface area (TPSA) is 9.23 Å². The van der Waals surface area contributed by atoms with Crippen LogP contribution in [0.2, 0.25) is 0 Å². The van der Waals surface area contributed by atoms with Crippen LogP contribution in [0.1, 0.15) is 43.7 Å². The van der Waals surface area contributed by atoms with Crippen molar-refractivity contribution in [2.45, 2.75) is 45.1 Å². The molecule has 0 saturated carbocycles. The van der Waals surface area contributed by atoms with Crippen molar-refractivity contribution in [1.29, 1.82) is 0 Å². The van der Waals surface area contributed by atoms with Crippen molar-refractivity contribution < 1.29 is 17.9 Å². The standard InChI is InChI=1S/C20H21F3O/c1-3-13-6-9-17(20(23)19(13)22)14-7-8-16(18(21)10-14)15-5-4-12(2)24-11-15/h6-10,12,15H,3-5,11H2,1-2H3. The molecule has 0 spiro atoms. The van der Waals surface area contributed by atoms with Crippen molar-refractivity contribution in [2.75, 3.05) is 6.61 Å². The van der Waals surface area contributed by atoms with E-state index in [0.717, 1.165) is 12.8 Å². The highest BCUT2D eigenvalue weighted by Crippen LogP contribution is 2.33. The number of ether oxygens (including phenoxy) is 1. The molecule has 2 aromatic carbocycles. The molecule has 0 aromatic heterocycles. The molecule has 1 aliphatic heterocycles. The second-order valence-corrected chi connectivity index (χ2v) is 6.41. The average molecular weight is 334 g/mol. The zero-order valence-corrected chi connectivity index (χ0v) is 13.9. The van der Waals surface area contributed by atoms with Gasteiger partial charge in [-0.3, -0.25) is 0 Å². The molecule has 1 fully saturated rings. The molecule has 4 heteroatoms. The molecule has 0 N–H and O–H groups in total. The Labute approximate surface area is 140 Å². The fraction of sp³-hybridized carbons (Fsp3) is 0.400. The molecule has 2 aromatic rings. The maximum Gasteiger partial charge on any atom is 0.166 e. The SMILES string of the molecule is CCc1ccc(-c2ccc(C3CCC(C)OC3)c(F)c2)c(F)c1F. The summed E-state index contributed by atoms with van der Waals surface area (Å²) in [6.45, 7) is 4.26. The van der Waals surface area contributed by atoms with E-state index in [2.05, 4.69) is 0 Å². The molecule has 0 bridgehead atoms. The third-order valence-electron chi connectivity index (χ3n) is 4.80. The van der Waals surface area contributed by atoms with E-state index in [4.69, 9.17) is 4.74 Å². The number of aryl methyl sites for hydroxylation is 1. The van der Waals surface area contributed by atoms with E-state index in [0.29, 0.717) is 29.7 Å². The smallest absolute Gasteiger partial charge is 0.166 e. The zero-order chi connectivity index (χ0) is 17.3. The van der Waals surface area contributed by atoms with Gasteiger partial charge in [-0.15, -0.1) is 0 Å². The molecule has 1 heterocycles. The molecule has 1 aliphatic rings. The summed E-state index contributed by atoms with van der Waals surface area (Å²) in [5.41, 5.74) is 1.34. The monoisotopic (exact) mass is 334 g/mol. The molecule has 2 atom stereocenters. The summed E-state index contributed by atoms with van der Waals surface area (Å²) in [5.74, 6) is -2.15. The Kier molecular flexibility index (Phi) is 4.95. The van der Waals surface area contributed by atoms with Crippen molar-refractivity contribution in [3.63, 3.8) is 0 Å². The first-order valence-electron chi connectivity index (χ1n) is 8.39. The highest BCUT2D eigenvalue weighted by molar-refractivity contribution is 5.65. The highest BCUT2D eigenvalue weighted by Gasteiger charge is 2.23. The number of benzene rings is 2. The number of rotatable bonds is 3. The van der Waals surface area contributed by atoms with Gasteiger partial charge in [-0.05, 0) is 48.9 Å². The lowest BCUT2D eigenvalue weighted by Gasteiger charge is -2.27. The Hall–Kier alpha value is -1.81. The second-order valence-electron chi connectivity index (χ2n) is 6.41. The number of hydrogen-bond acceptors (Lipinski definition) is 1. The van der Waals surface area contributed by atoms with E-state index in [1.165, 1.54) is 12.1 Å². The Morgan fingerprint density at radius 2 is 1.83 bits per heavy atom. The molecule has 0 aliphatic carbocycles. The maximum absolute atomic E-state index is 14.5. The van der Waals surface area contributed by atoms with Gasteiger partial charge in [0.25, 0.3) is 0 Å². The van der Waals surface area contributed by atoms with E-state index in [-0.39, 0.29) is 17.6 Å². The molecule has 0 radical (unpaired) electrons. The molecule has 128 valence electrons. The van der Waals surface area contributed by atoms with Gasteiger partial charge < -0.3 is 4.74 Å². The minimum Gasteiger partial charge on any atom is -0.378 e. The minimum absolute atomic E-state index is 0.0132. The van der Waals surface area contributed by atoms with Crippen molar-refractivity contribution in [3.05, 3.63) is 58.9 Å². The quantitative estimate of drug-likeness (QED) is 0.708. The lowest BCUT2D eigenvalue weighted by atomic mass is 9.90.